The summed E-state index contributed by atoms with van der Waals surface area (Å²) in [6, 6.07) is 7.71. The molecule has 0 aliphatic carbocycles. The SMILES string of the molecule is Cc1nn(-c2ccc3nncn3n2)c(C)c1CCC(=O)NCc1cccs1. The van der Waals surface area contributed by atoms with E-state index in [4.69, 9.17) is 0 Å². The van der Waals surface area contributed by atoms with Gasteiger partial charge < -0.3 is 5.32 Å². The van der Waals surface area contributed by atoms with Gasteiger partial charge in [0.15, 0.2) is 11.5 Å². The topological polar surface area (TPSA) is 90.0 Å². The summed E-state index contributed by atoms with van der Waals surface area (Å²) in [6.07, 6.45) is 2.63. The van der Waals surface area contributed by atoms with Gasteiger partial charge in [0.1, 0.15) is 6.33 Å². The monoisotopic (exact) mass is 381 g/mol. The molecule has 0 saturated heterocycles. The first-order valence-electron chi connectivity index (χ1n) is 8.63. The summed E-state index contributed by atoms with van der Waals surface area (Å²) in [6.45, 7) is 4.53. The summed E-state index contributed by atoms with van der Waals surface area (Å²) in [5, 5.41) is 21.9. The molecule has 4 aromatic rings. The number of hydrogen-bond acceptors (Lipinski definition) is 6. The van der Waals surface area contributed by atoms with Crippen LogP contribution in [0, 0.1) is 13.8 Å². The predicted octanol–water partition coefficient (Wildman–Crippen LogP) is 2.24. The molecule has 4 aromatic heterocycles. The van der Waals surface area contributed by atoms with Gasteiger partial charge in [0, 0.05) is 17.0 Å². The number of aromatic nitrogens is 6. The fraction of sp³-hybridized carbons (Fsp3) is 0.278. The van der Waals surface area contributed by atoms with Crippen LogP contribution in [0.4, 0.5) is 0 Å². The van der Waals surface area contributed by atoms with Crippen molar-refractivity contribution in [1.29, 1.82) is 0 Å². The smallest absolute Gasteiger partial charge is 0.220 e. The Bertz CT molecular complexity index is 1080. The first-order chi connectivity index (χ1) is 13.1. The van der Waals surface area contributed by atoms with Crippen LogP contribution in [-0.4, -0.2) is 35.5 Å². The molecule has 27 heavy (non-hydrogen) atoms. The fourth-order valence-electron chi connectivity index (χ4n) is 3.02. The van der Waals surface area contributed by atoms with Gasteiger partial charge in [-0.1, -0.05) is 6.07 Å². The van der Waals surface area contributed by atoms with Crippen molar-refractivity contribution in [2.24, 2.45) is 0 Å². The Balaban J connectivity index is 1.46. The van der Waals surface area contributed by atoms with E-state index < -0.39 is 0 Å². The highest BCUT2D eigenvalue weighted by atomic mass is 32.1. The Labute approximate surface area is 159 Å². The van der Waals surface area contributed by atoms with Crippen molar-refractivity contribution in [3.63, 3.8) is 0 Å². The molecule has 0 aliphatic rings. The van der Waals surface area contributed by atoms with Crippen molar-refractivity contribution in [2.75, 3.05) is 0 Å². The number of nitrogens with zero attached hydrogens (tertiary/aromatic N) is 6. The summed E-state index contributed by atoms with van der Waals surface area (Å²) < 4.78 is 3.41. The molecule has 1 N–H and O–H groups in total. The molecule has 0 aliphatic heterocycles. The van der Waals surface area contributed by atoms with E-state index in [-0.39, 0.29) is 5.91 Å². The van der Waals surface area contributed by atoms with Gasteiger partial charge in [-0.05, 0) is 49.4 Å². The van der Waals surface area contributed by atoms with Crippen LogP contribution in [0.1, 0.15) is 28.2 Å². The second-order valence-electron chi connectivity index (χ2n) is 6.24. The molecule has 0 saturated carbocycles. The van der Waals surface area contributed by atoms with Crippen molar-refractivity contribution < 1.29 is 4.79 Å². The van der Waals surface area contributed by atoms with Gasteiger partial charge in [0.05, 0.1) is 12.2 Å². The van der Waals surface area contributed by atoms with Crippen LogP contribution in [-0.2, 0) is 17.8 Å². The van der Waals surface area contributed by atoms with Crippen molar-refractivity contribution in [2.45, 2.75) is 33.2 Å². The number of carbonyl (C=O) groups excluding carboxylic acids is 1. The molecule has 9 heteroatoms. The molecule has 0 unspecified atom stereocenters. The average molecular weight is 381 g/mol. The van der Waals surface area contributed by atoms with Gasteiger partial charge in [0.25, 0.3) is 0 Å². The number of nitrogens with one attached hydrogen (secondary N) is 1. The van der Waals surface area contributed by atoms with Gasteiger partial charge in [0.2, 0.25) is 5.91 Å². The van der Waals surface area contributed by atoms with Gasteiger partial charge in [-0.3, -0.25) is 4.79 Å². The van der Waals surface area contributed by atoms with Gasteiger partial charge in [-0.15, -0.1) is 26.6 Å². The number of rotatable bonds is 6. The highest BCUT2D eigenvalue weighted by Crippen LogP contribution is 2.18. The van der Waals surface area contributed by atoms with E-state index in [1.165, 1.54) is 0 Å². The molecule has 4 rings (SSSR count). The lowest BCUT2D eigenvalue weighted by Gasteiger charge is -2.06. The lowest BCUT2D eigenvalue weighted by atomic mass is 10.1. The molecule has 8 nitrogen and oxygen atoms in total. The van der Waals surface area contributed by atoms with E-state index in [1.807, 2.05) is 43.5 Å². The quantitative estimate of drug-likeness (QED) is 0.553. The summed E-state index contributed by atoms with van der Waals surface area (Å²) >= 11 is 1.64. The van der Waals surface area contributed by atoms with E-state index in [1.54, 1.807) is 26.9 Å². The molecule has 0 bridgehead atoms. The Hall–Kier alpha value is -3.07. The highest BCUT2D eigenvalue weighted by Gasteiger charge is 2.15. The Morgan fingerprint density at radius 3 is 2.93 bits per heavy atom. The van der Waals surface area contributed by atoms with E-state index in [2.05, 4.69) is 25.7 Å². The number of amides is 1. The molecule has 0 spiro atoms. The second-order valence-corrected chi connectivity index (χ2v) is 7.27. The normalized spacial score (nSPS) is 11.2. The fourth-order valence-corrected chi connectivity index (χ4v) is 3.66. The number of hydrogen-bond donors (Lipinski definition) is 1. The standard InChI is InChI=1S/C18H19N7OS/c1-12-15(5-8-18(26)19-10-14-4-3-9-27-14)13(2)25(22-12)17-7-6-16-21-20-11-24(16)23-17/h3-4,6-7,9,11H,5,8,10H2,1-2H3,(H,19,26). The number of fused-ring (bicyclic) bond motifs is 1. The third-order valence-electron chi connectivity index (χ3n) is 4.45. The zero-order valence-electron chi connectivity index (χ0n) is 15.1. The molecular weight excluding hydrogens is 362 g/mol. The molecule has 0 atom stereocenters. The summed E-state index contributed by atoms with van der Waals surface area (Å²) in [7, 11) is 0. The number of thiophene rings is 1. The van der Waals surface area contributed by atoms with Crippen LogP contribution in [0.3, 0.4) is 0 Å². The van der Waals surface area contributed by atoms with Gasteiger partial charge in [-0.25, -0.2) is 4.68 Å². The zero-order valence-corrected chi connectivity index (χ0v) is 15.9. The maximum absolute atomic E-state index is 12.2. The lowest BCUT2D eigenvalue weighted by molar-refractivity contribution is -0.121. The van der Waals surface area contributed by atoms with Gasteiger partial charge >= 0.3 is 0 Å². The van der Waals surface area contributed by atoms with Crippen LogP contribution in [0.25, 0.3) is 11.5 Å². The zero-order chi connectivity index (χ0) is 18.8. The maximum atomic E-state index is 12.2. The first kappa shape index (κ1) is 17.3. The van der Waals surface area contributed by atoms with Crippen molar-refractivity contribution in [1.82, 2.24) is 34.9 Å². The van der Waals surface area contributed by atoms with Crippen LogP contribution >= 0.6 is 11.3 Å². The molecular formula is C18H19N7OS. The first-order valence-corrected chi connectivity index (χ1v) is 9.51. The van der Waals surface area contributed by atoms with Gasteiger partial charge in [-0.2, -0.15) is 9.61 Å². The molecule has 0 radical (unpaired) electrons. The number of aryl methyl sites for hydroxylation is 1. The van der Waals surface area contributed by atoms with Crippen molar-refractivity contribution in [3.8, 4) is 5.82 Å². The molecule has 138 valence electrons. The third kappa shape index (κ3) is 3.59. The largest absolute Gasteiger partial charge is 0.351 e. The second kappa shape index (κ2) is 7.28. The lowest BCUT2D eigenvalue weighted by Crippen LogP contribution is -2.22. The Kier molecular flexibility index (Phi) is 4.68. The summed E-state index contributed by atoms with van der Waals surface area (Å²) in [4.78, 5) is 13.3. The minimum absolute atomic E-state index is 0.0407. The molecule has 0 aromatic carbocycles. The highest BCUT2D eigenvalue weighted by molar-refractivity contribution is 7.09. The summed E-state index contributed by atoms with van der Waals surface area (Å²) in [5.74, 6) is 0.732. The van der Waals surface area contributed by atoms with Crippen LogP contribution in [0.2, 0.25) is 0 Å². The minimum Gasteiger partial charge on any atom is -0.351 e. The number of carbonyl (C=O) groups is 1. The molecule has 1 amide bonds. The predicted molar refractivity (Wildman–Crippen MR) is 102 cm³/mol. The van der Waals surface area contributed by atoms with Crippen molar-refractivity contribution >= 4 is 22.9 Å². The average Bonchev–Trinajstić information content (AvgIpc) is 3.39. The van der Waals surface area contributed by atoms with Crippen LogP contribution in [0.5, 0.6) is 0 Å². The van der Waals surface area contributed by atoms with Crippen LogP contribution < -0.4 is 5.32 Å². The molecule has 4 heterocycles. The third-order valence-corrected chi connectivity index (χ3v) is 5.32. The molecule has 0 fully saturated rings. The van der Waals surface area contributed by atoms with E-state index in [0.29, 0.717) is 30.9 Å². The minimum atomic E-state index is 0.0407. The van der Waals surface area contributed by atoms with E-state index in [0.717, 1.165) is 21.8 Å². The summed E-state index contributed by atoms with van der Waals surface area (Å²) in [5.41, 5.74) is 3.65. The maximum Gasteiger partial charge on any atom is 0.220 e. The van der Waals surface area contributed by atoms with Crippen molar-refractivity contribution in [3.05, 3.63) is 57.8 Å². The Morgan fingerprint density at radius 1 is 1.22 bits per heavy atom. The Morgan fingerprint density at radius 2 is 2.11 bits per heavy atom. The van der Waals surface area contributed by atoms with Crippen LogP contribution in [0.15, 0.2) is 36.0 Å². The van der Waals surface area contributed by atoms with E-state index in [9.17, 15) is 4.79 Å². The van der Waals surface area contributed by atoms with E-state index >= 15 is 0 Å².